The molecule has 96 valence electrons. The smallest absolute Gasteiger partial charge is 0.169 e. The monoisotopic (exact) mass is 246 g/mol. The summed E-state index contributed by atoms with van der Waals surface area (Å²) in [6, 6.07) is 6.94. The Morgan fingerprint density at radius 1 is 1.28 bits per heavy atom. The normalized spacial score (nSPS) is 26.7. The maximum Gasteiger partial charge on any atom is 0.169 e. The van der Waals surface area contributed by atoms with Gasteiger partial charge in [-0.1, -0.05) is 35.9 Å². The van der Waals surface area contributed by atoms with E-state index in [0.717, 1.165) is 5.57 Å². The zero-order valence-corrected chi connectivity index (χ0v) is 10.6. The summed E-state index contributed by atoms with van der Waals surface area (Å²) in [4.78, 5) is 12.3. The number of aliphatic hydroxyl groups excluding tert-OH is 2. The summed E-state index contributed by atoms with van der Waals surface area (Å²) in [6.07, 6.45) is 0.387. The number of benzene rings is 1. The van der Waals surface area contributed by atoms with Crippen LogP contribution >= 0.6 is 0 Å². The number of allylic oxidation sites excluding steroid dienone is 2. The predicted molar refractivity (Wildman–Crippen MR) is 69.3 cm³/mol. The zero-order chi connectivity index (χ0) is 13.3. The molecule has 0 unspecified atom stereocenters. The lowest BCUT2D eigenvalue weighted by molar-refractivity contribution is -0.0191. The average molecular weight is 246 g/mol. The summed E-state index contributed by atoms with van der Waals surface area (Å²) in [7, 11) is 0. The van der Waals surface area contributed by atoms with Gasteiger partial charge in [-0.2, -0.15) is 0 Å². The average Bonchev–Trinajstić information content (AvgIpc) is 2.36. The SMILES string of the molecule is CC(C)=CC[C@H]1C(=O)c2ccccc2[C@@H](O)[C@@H]1O. The summed E-state index contributed by atoms with van der Waals surface area (Å²) in [5, 5.41) is 20.1. The first-order valence-corrected chi connectivity index (χ1v) is 6.15. The molecule has 1 aromatic rings. The van der Waals surface area contributed by atoms with Crippen LogP contribution in [0.5, 0.6) is 0 Å². The highest BCUT2D eigenvalue weighted by Crippen LogP contribution is 2.35. The van der Waals surface area contributed by atoms with Gasteiger partial charge in [-0.25, -0.2) is 0 Å². The van der Waals surface area contributed by atoms with Gasteiger partial charge in [0.1, 0.15) is 6.10 Å². The number of hydrogen-bond donors (Lipinski definition) is 2. The van der Waals surface area contributed by atoms with Gasteiger partial charge in [0, 0.05) is 5.56 Å². The van der Waals surface area contributed by atoms with Crippen molar-refractivity contribution in [1.82, 2.24) is 0 Å². The Balaban J connectivity index is 2.36. The third-order valence-corrected chi connectivity index (χ3v) is 3.40. The molecule has 2 rings (SSSR count). The maximum absolute atomic E-state index is 12.3. The Morgan fingerprint density at radius 2 is 1.94 bits per heavy atom. The first kappa shape index (κ1) is 13.0. The summed E-state index contributed by atoms with van der Waals surface area (Å²) in [6.45, 7) is 3.90. The van der Waals surface area contributed by atoms with E-state index in [1.807, 2.05) is 19.9 Å². The lowest BCUT2D eigenvalue weighted by Gasteiger charge is -2.32. The molecule has 0 spiro atoms. The lowest BCUT2D eigenvalue weighted by atomic mass is 9.77. The highest BCUT2D eigenvalue weighted by Gasteiger charge is 2.39. The van der Waals surface area contributed by atoms with Crippen molar-refractivity contribution in [2.75, 3.05) is 0 Å². The molecule has 1 aromatic carbocycles. The molecular formula is C15H18O3. The van der Waals surface area contributed by atoms with Crippen LogP contribution in [0.25, 0.3) is 0 Å². The number of ketones is 1. The van der Waals surface area contributed by atoms with E-state index >= 15 is 0 Å². The van der Waals surface area contributed by atoms with E-state index < -0.39 is 18.1 Å². The van der Waals surface area contributed by atoms with Crippen LogP contribution in [0.1, 0.15) is 42.3 Å². The summed E-state index contributed by atoms with van der Waals surface area (Å²) >= 11 is 0. The van der Waals surface area contributed by atoms with Crippen molar-refractivity contribution in [3.05, 3.63) is 47.0 Å². The van der Waals surface area contributed by atoms with Gasteiger partial charge in [-0.3, -0.25) is 4.79 Å². The molecule has 0 aromatic heterocycles. The summed E-state index contributed by atoms with van der Waals surface area (Å²) in [5.41, 5.74) is 2.16. The highest BCUT2D eigenvalue weighted by atomic mass is 16.3. The Kier molecular flexibility index (Phi) is 3.64. The van der Waals surface area contributed by atoms with Gasteiger partial charge in [0.2, 0.25) is 0 Å². The molecular weight excluding hydrogens is 228 g/mol. The van der Waals surface area contributed by atoms with Gasteiger partial charge in [-0.15, -0.1) is 0 Å². The number of carbonyl (C=O) groups is 1. The van der Waals surface area contributed by atoms with Gasteiger partial charge < -0.3 is 10.2 Å². The topological polar surface area (TPSA) is 57.5 Å². The predicted octanol–water partition coefficient (Wildman–Crippen LogP) is 2.25. The first-order chi connectivity index (χ1) is 8.52. The zero-order valence-electron chi connectivity index (χ0n) is 10.6. The van der Waals surface area contributed by atoms with Crippen molar-refractivity contribution in [2.24, 2.45) is 5.92 Å². The van der Waals surface area contributed by atoms with Crippen molar-refractivity contribution in [3.8, 4) is 0 Å². The molecule has 0 saturated heterocycles. The fourth-order valence-corrected chi connectivity index (χ4v) is 2.35. The van der Waals surface area contributed by atoms with Crippen LogP contribution in [0, 0.1) is 5.92 Å². The lowest BCUT2D eigenvalue weighted by Crippen LogP contribution is -2.38. The van der Waals surface area contributed by atoms with Gasteiger partial charge in [0.15, 0.2) is 5.78 Å². The van der Waals surface area contributed by atoms with E-state index in [1.54, 1.807) is 24.3 Å². The van der Waals surface area contributed by atoms with Crippen molar-refractivity contribution in [3.63, 3.8) is 0 Å². The van der Waals surface area contributed by atoms with Crippen LogP contribution in [-0.2, 0) is 0 Å². The third-order valence-electron chi connectivity index (χ3n) is 3.40. The minimum atomic E-state index is -1.03. The molecule has 0 heterocycles. The second-order valence-electron chi connectivity index (χ2n) is 5.01. The van der Waals surface area contributed by atoms with Crippen molar-refractivity contribution in [1.29, 1.82) is 0 Å². The fraction of sp³-hybridized carbons (Fsp3) is 0.400. The van der Waals surface area contributed by atoms with Gasteiger partial charge in [0.05, 0.1) is 12.0 Å². The van der Waals surface area contributed by atoms with Crippen LogP contribution < -0.4 is 0 Å². The maximum atomic E-state index is 12.3. The van der Waals surface area contributed by atoms with Gasteiger partial charge in [-0.05, 0) is 25.8 Å². The number of carbonyl (C=O) groups excluding carboxylic acids is 1. The molecule has 18 heavy (non-hydrogen) atoms. The van der Waals surface area contributed by atoms with E-state index in [-0.39, 0.29) is 5.78 Å². The number of hydrogen-bond acceptors (Lipinski definition) is 3. The number of Topliss-reactive ketones (excluding diaryl/α,β-unsaturated/α-hetero) is 1. The van der Waals surface area contributed by atoms with Crippen LogP contribution in [0.2, 0.25) is 0 Å². The van der Waals surface area contributed by atoms with Gasteiger partial charge in [0.25, 0.3) is 0 Å². The summed E-state index contributed by atoms with van der Waals surface area (Å²) < 4.78 is 0. The number of fused-ring (bicyclic) bond motifs is 1. The molecule has 3 heteroatoms. The Morgan fingerprint density at radius 3 is 2.61 bits per heavy atom. The second kappa shape index (κ2) is 5.04. The Labute approximate surface area is 107 Å². The Bertz CT molecular complexity index is 486. The van der Waals surface area contributed by atoms with E-state index in [0.29, 0.717) is 17.5 Å². The number of rotatable bonds is 2. The molecule has 0 bridgehead atoms. The van der Waals surface area contributed by atoms with Crippen molar-refractivity contribution in [2.45, 2.75) is 32.5 Å². The molecule has 0 saturated carbocycles. The molecule has 1 aliphatic carbocycles. The third kappa shape index (κ3) is 2.24. The van der Waals surface area contributed by atoms with Crippen LogP contribution in [0.15, 0.2) is 35.9 Å². The van der Waals surface area contributed by atoms with E-state index in [9.17, 15) is 15.0 Å². The summed E-state index contributed by atoms with van der Waals surface area (Å²) in [5.74, 6) is -0.634. The molecule has 1 aliphatic rings. The second-order valence-corrected chi connectivity index (χ2v) is 5.01. The van der Waals surface area contributed by atoms with Gasteiger partial charge >= 0.3 is 0 Å². The Hall–Kier alpha value is -1.45. The fourth-order valence-electron chi connectivity index (χ4n) is 2.35. The molecule has 3 atom stereocenters. The molecule has 2 N–H and O–H groups in total. The molecule has 3 nitrogen and oxygen atoms in total. The quantitative estimate of drug-likeness (QED) is 0.787. The van der Waals surface area contributed by atoms with E-state index in [1.165, 1.54) is 0 Å². The minimum Gasteiger partial charge on any atom is -0.389 e. The molecule has 0 radical (unpaired) electrons. The first-order valence-electron chi connectivity index (χ1n) is 6.15. The molecule has 0 amide bonds. The highest BCUT2D eigenvalue weighted by molar-refractivity contribution is 6.01. The molecule has 0 aliphatic heterocycles. The van der Waals surface area contributed by atoms with Crippen molar-refractivity contribution < 1.29 is 15.0 Å². The van der Waals surface area contributed by atoms with E-state index in [2.05, 4.69) is 0 Å². The van der Waals surface area contributed by atoms with Crippen LogP contribution in [-0.4, -0.2) is 22.1 Å². The van der Waals surface area contributed by atoms with Crippen LogP contribution in [0.4, 0.5) is 0 Å². The van der Waals surface area contributed by atoms with Crippen LogP contribution in [0.3, 0.4) is 0 Å². The van der Waals surface area contributed by atoms with E-state index in [4.69, 9.17) is 0 Å². The van der Waals surface area contributed by atoms with Crippen molar-refractivity contribution >= 4 is 5.78 Å². The standard InChI is InChI=1S/C15H18O3/c1-9(2)7-8-12-13(16)10-5-3-4-6-11(10)14(17)15(12)18/h3-7,12,14-15,17-18H,8H2,1-2H3/t12-,14+,15+/m0/s1. The molecule has 0 fully saturated rings. The number of aliphatic hydroxyl groups is 2. The minimum absolute atomic E-state index is 0.0825. The largest absolute Gasteiger partial charge is 0.389 e.